The summed E-state index contributed by atoms with van der Waals surface area (Å²) in [5, 5.41) is 5.74. The first kappa shape index (κ1) is 25.1. The minimum atomic E-state index is -0.718. The Morgan fingerprint density at radius 3 is 2.24 bits per heavy atom. The molecule has 3 aromatic rings. The van der Waals surface area contributed by atoms with Crippen molar-refractivity contribution in [2.24, 2.45) is 5.92 Å². The molecule has 178 valence electrons. The van der Waals surface area contributed by atoms with Crippen LogP contribution in [0.2, 0.25) is 0 Å². The fraction of sp³-hybridized carbons (Fsp3) is 0.269. The summed E-state index contributed by atoms with van der Waals surface area (Å²) in [6.07, 6.45) is 3.61. The first-order valence-corrected chi connectivity index (χ1v) is 11.8. The van der Waals surface area contributed by atoms with Crippen molar-refractivity contribution in [2.45, 2.75) is 30.5 Å². The van der Waals surface area contributed by atoms with Gasteiger partial charge in [-0.25, -0.2) is 0 Å². The maximum Gasteiger partial charge on any atom is 0.252 e. The van der Waals surface area contributed by atoms with E-state index in [0.717, 1.165) is 16.2 Å². The van der Waals surface area contributed by atoms with E-state index in [9.17, 15) is 9.59 Å². The second-order valence-electron chi connectivity index (χ2n) is 7.96. The molecule has 8 heteroatoms. The van der Waals surface area contributed by atoms with E-state index < -0.39 is 6.04 Å². The lowest BCUT2D eigenvalue weighted by atomic mass is 10.0. The highest BCUT2D eigenvalue weighted by atomic mass is 32.2. The van der Waals surface area contributed by atoms with Gasteiger partial charge in [-0.2, -0.15) is 0 Å². The molecular weight excluding hydrogens is 450 g/mol. The minimum absolute atomic E-state index is 0.120. The van der Waals surface area contributed by atoms with Gasteiger partial charge in [-0.1, -0.05) is 19.9 Å². The van der Waals surface area contributed by atoms with Crippen LogP contribution in [0, 0.1) is 5.92 Å². The maximum atomic E-state index is 13.0. The average Bonchev–Trinajstić information content (AvgIpc) is 2.86. The number of hydrogen-bond donors (Lipinski definition) is 2. The van der Waals surface area contributed by atoms with Crippen LogP contribution < -0.4 is 20.1 Å². The van der Waals surface area contributed by atoms with Crippen LogP contribution in [0.15, 0.2) is 71.9 Å². The lowest BCUT2D eigenvalue weighted by Crippen LogP contribution is -2.47. The van der Waals surface area contributed by atoms with Gasteiger partial charge < -0.3 is 20.1 Å². The SMILES string of the molecule is COc1cc(OC)cc(C(=O)NC(C(=O)Nc2ccc(SCc3cccnc3)cc2)C(C)C)c1. The molecule has 0 radical (unpaired) electrons. The zero-order valence-electron chi connectivity index (χ0n) is 19.7. The first-order chi connectivity index (χ1) is 16.4. The summed E-state index contributed by atoms with van der Waals surface area (Å²) >= 11 is 1.69. The number of thioether (sulfide) groups is 1. The molecular formula is C26H29N3O4S. The molecule has 0 bridgehead atoms. The molecule has 1 unspecified atom stereocenters. The molecule has 0 aliphatic rings. The number of benzene rings is 2. The van der Waals surface area contributed by atoms with Gasteiger partial charge in [0.15, 0.2) is 0 Å². The summed E-state index contributed by atoms with van der Waals surface area (Å²) in [6, 6.07) is 15.8. The van der Waals surface area contributed by atoms with E-state index in [4.69, 9.17) is 9.47 Å². The fourth-order valence-corrected chi connectivity index (χ4v) is 4.04. The van der Waals surface area contributed by atoms with Crippen molar-refractivity contribution in [1.82, 2.24) is 10.3 Å². The number of pyridine rings is 1. The molecule has 3 rings (SSSR count). The number of carbonyl (C=O) groups is 2. The number of carbonyl (C=O) groups excluding carboxylic acids is 2. The van der Waals surface area contributed by atoms with Gasteiger partial charge in [0.2, 0.25) is 5.91 Å². The molecule has 0 saturated carbocycles. The second-order valence-corrected chi connectivity index (χ2v) is 9.01. The smallest absolute Gasteiger partial charge is 0.252 e. The lowest BCUT2D eigenvalue weighted by molar-refractivity contribution is -0.118. The highest BCUT2D eigenvalue weighted by Gasteiger charge is 2.25. The zero-order chi connectivity index (χ0) is 24.5. The van der Waals surface area contributed by atoms with E-state index >= 15 is 0 Å². The number of hydrogen-bond acceptors (Lipinski definition) is 6. The predicted octanol–water partition coefficient (Wildman–Crippen LogP) is 4.78. The van der Waals surface area contributed by atoms with Crippen molar-refractivity contribution in [3.05, 3.63) is 78.1 Å². The van der Waals surface area contributed by atoms with Crippen molar-refractivity contribution in [2.75, 3.05) is 19.5 Å². The number of nitrogens with zero attached hydrogens (tertiary/aromatic N) is 1. The van der Waals surface area contributed by atoms with Gasteiger partial charge in [0.1, 0.15) is 17.5 Å². The Morgan fingerprint density at radius 1 is 1.00 bits per heavy atom. The number of amides is 2. The normalized spacial score (nSPS) is 11.6. The van der Waals surface area contributed by atoms with Crippen molar-refractivity contribution in [1.29, 1.82) is 0 Å². The summed E-state index contributed by atoms with van der Waals surface area (Å²) in [4.78, 5) is 31.1. The quantitative estimate of drug-likeness (QED) is 0.407. The summed E-state index contributed by atoms with van der Waals surface area (Å²) in [7, 11) is 3.03. The van der Waals surface area contributed by atoms with Gasteiger partial charge in [0, 0.05) is 40.4 Å². The molecule has 1 heterocycles. The predicted molar refractivity (Wildman–Crippen MR) is 135 cm³/mol. The van der Waals surface area contributed by atoms with Crippen LogP contribution >= 0.6 is 11.8 Å². The zero-order valence-corrected chi connectivity index (χ0v) is 20.5. The van der Waals surface area contributed by atoms with Crippen LogP contribution in [0.25, 0.3) is 0 Å². The molecule has 2 amide bonds. The van der Waals surface area contributed by atoms with Crippen molar-refractivity contribution < 1.29 is 19.1 Å². The summed E-state index contributed by atoms with van der Waals surface area (Å²) in [5.41, 5.74) is 2.16. The van der Waals surface area contributed by atoms with Crippen LogP contribution in [-0.4, -0.2) is 37.1 Å². The Kier molecular flexibility index (Phi) is 8.93. The second kappa shape index (κ2) is 12.1. The molecule has 2 aromatic carbocycles. The molecule has 0 saturated heterocycles. The molecule has 2 N–H and O–H groups in total. The summed E-state index contributed by atoms with van der Waals surface area (Å²) < 4.78 is 10.5. The Labute approximate surface area is 204 Å². The largest absolute Gasteiger partial charge is 0.497 e. The molecule has 7 nitrogen and oxygen atoms in total. The van der Waals surface area contributed by atoms with Gasteiger partial charge in [0.05, 0.1) is 14.2 Å². The van der Waals surface area contributed by atoms with Gasteiger partial charge in [-0.05, 0) is 53.9 Å². The number of nitrogens with one attached hydrogen (secondary N) is 2. The fourth-order valence-electron chi connectivity index (χ4n) is 3.20. The molecule has 1 aromatic heterocycles. The third-order valence-electron chi connectivity index (χ3n) is 5.10. The Hall–Kier alpha value is -3.52. The average molecular weight is 480 g/mol. The van der Waals surface area contributed by atoms with Crippen LogP contribution in [0.4, 0.5) is 5.69 Å². The van der Waals surface area contributed by atoms with Gasteiger partial charge in [-0.15, -0.1) is 11.8 Å². The number of methoxy groups -OCH3 is 2. The monoisotopic (exact) mass is 479 g/mol. The molecule has 1 atom stereocenters. The highest BCUT2D eigenvalue weighted by Crippen LogP contribution is 2.25. The summed E-state index contributed by atoms with van der Waals surface area (Å²) in [6.45, 7) is 3.77. The van der Waals surface area contributed by atoms with Gasteiger partial charge in [-0.3, -0.25) is 14.6 Å². The molecule has 34 heavy (non-hydrogen) atoms. The number of rotatable bonds is 10. The molecule has 0 fully saturated rings. The van der Waals surface area contributed by atoms with Crippen molar-refractivity contribution >= 4 is 29.3 Å². The summed E-state index contributed by atoms with van der Waals surface area (Å²) in [5.74, 6) is 1.02. The number of ether oxygens (including phenoxy) is 2. The lowest BCUT2D eigenvalue weighted by Gasteiger charge is -2.22. The van der Waals surface area contributed by atoms with Gasteiger partial charge >= 0.3 is 0 Å². The van der Waals surface area contributed by atoms with E-state index in [1.54, 1.807) is 36.2 Å². The van der Waals surface area contributed by atoms with Crippen molar-refractivity contribution in [3.63, 3.8) is 0 Å². The highest BCUT2D eigenvalue weighted by molar-refractivity contribution is 7.98. The molecule has 0 aliphatic heterocycles. The van der Waals surface area contributed by atoms with Crippen molar-refractivity contribution in [3.8, 4) is 11.5 Å². The first-order valence-electron chi connectivity index (χ1n) is 10.9. The van der Waals surface area contributed by atoms with E-state index in [0.29, 0.717) is 22.7 Å². The van der Waals surface area contributed by atoms with Crippen LogP contribution in [-0.2, 0) is 10.5 Å². The number of aromatic nitrogens is 1. The van der Waals surface area contributed by atoms with E-state index in [2.05, 4.69) is 15.6 Å². The van der Waals surface area contributed by atoms with Gasteiger partial charge in [0.25, 0.3) is 5.91 Å². The third kappa shape index (κ3) is 6.99. The van der Waals surface area contributed by atoms with Crippen LogP contribution in [0.3, 0.4) is 0 Å². The van der Waals surface area contributed by atoms with E-state index in [-0.39, 0.29) is 17.7 Å². The van der Waals surface area contributed by atoms with Crippen LogP contribution in [0.5, 0.6) is 11.5 Å². The number of anilines is 1. The molecule has 0 aliphatic carbocycles. The standard InChI is InChI=1S/C26H29N3O4S/c1-17(2)24(29-25(30)19-12-21(32-3)14-22(13-19)33-4)26(31)28-20-7-9-23(10-8-20)34-16-18-6-5-11-27-15-18/h5-15,17,24H,16H2,1-4H3,(H,28,31)(H,29,30). The topological polar surface area (TPSA) is 89.5 Å². The van der Waals surface area contributed by atoms with Crippen LogP contribution in [0.1, 0.15) is 29.8 Å². The Bertz CT molecular complexity index is 1080. The third-order valence-corrected chi connectivity index (χ3v) is 6.18. The van der Waals surface area contributed by atoms with E-state index in [1.807, 2.05) is 56.4 Å². The Balaban J connectivity index is 1.63. The van der Waals surface area contributed by atoms with E-state index in [1.165, 1.54) is 14.2 Å². The minimum Gasteiger partial charge on any atom is -0.497 e. The molecule has 0 spiro atoms. The Morgan fingerprint density at radius 2 is 1.68 bits per heavy atom. The maximum absolute atomic E-state index is 13.0.